The second-order valence-electron chi connectivity index (χ2n) is 4.19. The maximum atomic E-state index is 2.49. The molecular weight excluding hydrogens is 170 g/mol. The molecule has 14 heavy (non-hydrogen) atoms. The van der Waals surface area contributed by atoms with Crippen molar-refractivity contribution in [1.82, 2.24) is 4.90 Å². The number of likely N-dealkylation sites (tertiary alicyclic amines) is 1. The van der Waals surface area contributed by atoms with Crippen LogP contribution in [-0.2, 0) is 0 Å². The van der Waals surface area contributed by atoms with E-state index in [2.05, 4.69) is 11.9 Å². The van der Waals surface area contributed by atoms with Gasteiger partial charge in [0.1, 0.15) is 0 Å². The molecule has 0 radical (unpaired) electrons. The van der Waals surface area contributed by atoms with Crippen molar-refractivity contribution in [3.05, 3.63) is 0 Å². The van der Waals surface area contributed by atoms with Gasteiger partial charge in [0.15, 0.2) is 0 Å². The Balaban J connectivity index is 0.000000379. The van der Waals surface area contributed by atoms with E-state index >= 15 is 0 Å². The average molecular weight is 199 g/mol. The summed E-state index contributed by atoms with van der Waals surface area (Å²) in [5, 5.41) is 0. The zero-order valence-corrected chi connectivity index (χ0v) is 10.9. The van der Waals surface area contributed by atoms with Gasteiger partial charge in [0.05, 0.1) is 0 Å². The van der Waals surface area contributed by atoms with Crippen molar-refractivity contribution in [2.75, 3.05) is 20.1 Å². The molecule has 0 N–H and O–H groups in total. The Morgan fingerprint density at radius 2 is 1.36 bits per heavy atom. The molecule has 0 atom stereocenters. The van der Waals surface area contributed by atoms with E-state index in [4.69, 9.17) is 0 Å². The summed E-state index contributed by atoms with van der Waals surface area (Å²) in [5.41, 5.74) is 0.786. The summed E-state index contributed by atoms with van der Waals surface area (Å²) < 4.78 is 0. The fraction of sp³-hybridized carbons (Fsp3) is 1.00. The summed E-state index contributed by atoms with van der Waals surface area (Å²) in [4.78, 5) is 2.49. The van der Waals surface area contributed by atoms with Crippen LogP contribution in [0.4, 0.5) is 0 Å². The standard InChI is InChI=1S/C9H17N.2C2H6/c1-10-7-6-9(8-10)4-2-3-5-9;2*1-2/h2-8H2,1H3;2*1-2H3. The summed E-state index contributed by atoms with van der Waals surface area (Å²) in [7, 11) is 2.26. The monoisotopic (exact) mass is 199 g/mol. The molecule has 1 saturated heterocycles. The summed E-state index contributed by atoms with van der Waals surface area (Å²) >= 11 is 0. The lowest BCUT2D eigenvalue weighted by Gasteiger charge is -2.21. The van der Waals surface area contributed by atoms with Crippen LogP contribution < -0.4 is 0 Å². The Kier molecular flexibility index (Phi) is 7.26. The molecule has 1 heterocycles. The maximum absolute atomic E-state index is 2.49. The number of hydrogen-bond donors (Lipinski definition) is 0. The van der Waals surface area contributed by atoms with E-state index < -0.39 is 0 Å². The van der Waals surface area contributed by atoms with Gasteiger partial charge in [-0.2, -0.15) is 0 Å². The zero-order chi connectivity index (χ0) is 11.0. The lowest BCUT2D eigenvalue weighted by molar-refractivity contribution is 0.289. The van der Waals surface area contributed by atoms with Gasteiger partial charge in [-0.15, -0.1) is 0 Å². The minimum Gasteiger partial charge on any atom is -0.306 e. The summed E-state index contributed by atoms with van der Waals surface area (Å²) in [6.07, 6.45) is 7.49. The number of hydrogen-bond acceptors (Lipinski definition) is 1. The van der Waals surface area contributed by atoms with E-state index in [1.807, 2.05) is 27.7 Å². The molecule has 86 valence electrons. The van der Waals surface area contributed by atoms with Gasteiger partial charge >= 0.3 is 0 Å². The average Bonchev–Trinajstić information content (AvgIpc) is 2.84. The molecule has 1 saturated carbocycles. The van der Waals surface area contributed by atoms with E-state index in [1.54, 1.807) is 0 Å². The molecule has 0 aromatic carbocycles. The van der Waals surface area contributed by atoms with Crippen LogP contribution in [0, 0.1) is 5.41 Å². The smallest absolute Gasteiger partial charge is 0.00354 e. The lowest BCUT2D eigenvalue weighted by Crippen LogP contribution is -2.21. The summed E-state index contributed by atoms with van der Waals surface area (Å²) in [6, 6.07) is 0. The molecule has 1 heteroatoms. The maximum Gasteiger partial charge on any atom is 0.00354 e. The first-order valence-electron chi connectivity index (χ1n) is 6.49. The normalized spacial score (nSPS) is 23.8. The molecule has 1 nitrogen and oxygen atoms in total. The molecule has 2 fully saturated rings. The van der Waals surface area contributed by atoms with Crippen molar-refractivity contribution in [1.29, 1.82) is 0 Å². The van der Waals surface area contributed by atoms with Crippen LogP contribution >= 0.6 is 0 Å². The first-order chi connectivity index (χ1) is 6.81. The molecule has 1 aliphatic carbocycles. The highest BCUT2D eigenvalue weighted by atomic mass is 15.1. The van der Waals surface area contributed by atoms with Crippen molar-refractivity contribution >= 4 is 0 Å². The van der Waals surface area contributed by atoms with Crippen LogP contribution in [0.1, 0.15) is 59.8 Å². The van der Waals surface area contributed by atoms with Crippen LogP contribution in [0.3, 0.4) is 0 Å². The zero-order valence-electron chi connectivity index (χ0n) is 10.9. The van der Waals surface area contributed by atoms with Crippen LogP contribution in [-0.4, -0.2) is 25.0 Å². The van der Waals surface area contributed by atoms with Gasteiger partial charge in [0.2, 0.25) is 0 Å². The minimum absolute atomic E-state index is 0.786. The van der Waals surface area contributed by atoms with E-state index in [1.165, 1.54) is 45.2 Å². The van der Waals surface area contributed by atoms with Gasteiger partial charge < -0.3 is 4.90 Å². The molecule has 1 aliphatic heterocycles. The summed E-state index contributed by atoms with van der Waals surface area (Å²) in [5.74, 6) is 0. The van der Waals surface area contributed by atoms with E-state index in [9.17, 15) is 0 Å². The molecule has 2 aliphatic rings. The highest BCUT2D eigenvalue weighted by molar-refractivity contribution is 4.91. The van der Waals surface area contributed by atoms with Crippen molar-refractivity contribution < 1.29 is 0 Å². The first kappa shape index (κ1) is 14.0. The third-order valence-electron chi connectivity index (χ3n) is 3.29. The molecule has 0 amide bonds. The largest absolute Gasteiger partial charge is 0.306 e. The Bertz CT molecular complexity index is 125. The topological polar surface area (TPSA) is 3.24 Å². The lowest BCUT2D eigenvalue weighted by atomic mass is 9.86. The third-order valence-corrected chi connectivity index (χ3v) is 3.29. The second-order valence-corrected chi connectivity index (χ2v) is 4.19. The molecule has 0 aromatic rings. The molecule has 0 bridgehead atoms. The predicted octanol–water partition coefficient (Wildman–Crippen LogP) is 3.93. The van der Waals surface area contributed by atoms with Crippen LogP contribution in [0.2, 0.25) is 0 Å². The van der Waals surface area contributed by atoms with E-state index in [0.29, 0.717) is 0 Å². The molecule has 0 unspecified atom stereocenters. The van der Waals surface area contributed by atoms with Crippen LogP contribution in [0.15, 0.2) is 0 Å². The van der Waals surface area contributed by atoms with Gasteiger partial charge in [0, 0.05) is 6.54 Å². The number of rotatable bonds is 0. The van der Waals surface area contributed by atoms with Crippen molar-refractivity contribution in [2.45, 2.75) is 59.8 Å². The first-order valence-corrected chi connectivity index (χ1v) is 6.49. The highest BCUT2D eigenvalue weighted by Crippen LogP contribution is 2.44. The minimum atomic E-state index is 0.786. The quantitative estimate of drug-likeness (QED) is 0.571. The fourth-order valence-corrected chi connectivity index (χ4v) is 2.69. The highest BCUT2D eigenvalue weighted by Gasteiger charge is 2.38. The Labute approximate surface area is 90.9 Å². The molecular formula is C13H29N. The van der Waals surface area contributed by atoms with Crippen molar-refractivity contribution in [2.24, 2.45) is 5.41 Å². The van der Waals surface area contributed by atoms with Gasteiger partial charge in [0.25, 0.3) is 0 Å². The van der Waals surface area contributed by atoms with Gasteiger partial charge in [-0.3, -0.25) is 0 Å². The van der Waals surface area contributed by atoms with Crippen LogP contribution in [0.5, 0.6) is 0 Å². The molecule has 0 aromatic heterocycles. The van der Waals surface area contributed by atoms with Crippen molar-refractivity contribution in [3.8, 4) is 0 Å². The SMILES string of the molecule is CC.CC.CN1CCC2(CCCC2)C1. The Hall–Kier alpha value is -0.0400. The number of nitrogens with zero attached hydrogens (tertiary/aromatic N) is 1. The second kappa shape index (κ2) is 7.28. The van der Waals surface area contributed by atoms with E-state index in [0.717, 1.165) is 5.41 Å². The Morgan fingerprint density at radius 3 is 1.71 bits per heavy atom. The summed E-state index contributed by atoms with van der Waals surface area (Å²) in [6.45, 7) is 10.7. The fourth-order valence-electron chi connectivity index (χ4n) is 2.69. The van der Waals surface area contributed by atoms with Crippen LogP contribution in [0.25, 0.3) is 0 Å². The van der Waals surface area contributed by atoms with Gasteiger partial charge in [-0.1, -0.05) is 40.5 Å². The van der Waals surface area contributed by atoms with Gasteiger partial charge in [-0.25, -0.2) is 0 Å². The predicted molar refractivity (Wildman–Crippen MR) is 65.7 cm³/mol. The molecule has 2 rings (SSSR count). The van der Waals surface area contributed by atoms with Gasteiger partial charge in [-0.05, 0) is 38.3 Å². The van der Waals surface area contributed by atoms with Crippen molar-refractivity contribution in [3.63, 3.8) is 0 Å². The molecule has 1 spiro atoms. The Morgan fingerprint density at radius 1 is 0.857 bits per heavy atom. The third kappa shape index (κ3) is 3.61. The van der Waals surface area contributed by atoms with E-state index in [-0.39, 0.29) is 0 Å².